The topological polar surface area (TPSA) is 75.8 Å². The highest BCUT2D eigenvalue weighted by Crippen LogP contribution is 2.24. The quantitative estimate of drug-likeness (QED) is 0.792. The van der Waals surface area contributed by atoms with Crippen molar-refractivity contribution in [3.8, 4) is 5.75 Å². The van der Waals surface area contributed by atoms with Gasteiger partial charge in [-0.3, -0.25) is 4.79 Å². The summed E-state index contributed by atoms with van der Waals surface area (Å²) in [5, 5.41) is 9.39. The number of benzene rings is 1. The molecular formula is C15H20N2O3S. The minimum atomic E-state index is -0.129. The molecule has 1 heterocycles. The van der Waals surface area contributed by atoms with Crippen molar-refractivity contribution in [2.75, 3.05) is 19.8 Å². The standard InChI is InChI=1S/C15H20N2O3S/c1-10-6-7-17(12(10)8-18)14(19)9-20-13-5-3-2-4-11(13)15(16)21/h2-5,10,12,18H,6-9H2,1H3,(H2,16,21). The Balaban J connectivity index is 2.00. The van der Waals surface area contributed by atoms with Crippen molar-refractivity contribution < 1.29 is 14.6 Å². The summed E-state index contributed by atoms with van der Waals surface area (Å²) < 4.78 is 5.56. The van der Waals surface area contributed by atoms with E-state index in [0.29, 0.717) is 23.8 Å². The summed E-state index contributed by atoms with van der Waals surface area (Å²) in [6.45, 7) is 2.60. The van der Waals surface area contributed by atoms with Gasteiger partial charge in [0.05, 0.1) is 18.2 Å². The first-order valence-corrected chi connectivity index (χ1v) is 7.37. The second-order valence-corrected chi connectivity index (χ2v) is 5.69. The molecule has 6 heteroatoms. The van der Waals surface area contributed by atoms with Crippen LogP contribution < -0.4 is 10.5 Å². The van der Waals surface area contributed by atoms with Gasteiger partial charge in [0.25, 0.3) is 5.91 Å². The molecule has 3 N–H and O–H groups in total. The number of nitrogens with two attached hydrogens (primary N) is 1. The molecule has 21 heavy (non-hydrogen) atoms. The summed E-state index contributed by atoms with van der Waals surface area (Å²) in [7, 11) is 0. The van der Waals surface area contributed by atoms with Gasteiger partial charge in [0.15, 0.2) is 6.61 Å². The van der Waals surface area contributed by atoms with Crippen LogP contribution in [0.3, 0.4) is 0 Å². The van der Waals surface area contributed by atoms with Gasteiger partial charge in [-0.1, -0.05) is 31.3 Å². The zero-order valence-corrected chi connectivity index (χ0v) is 12.8. The molecule has 1 aliphatic rings. The van der Waals surface area contributed by atoms with Crippen LogP contribution in [0.2, 0.25) is 0 Å². The molecule has 1 saturated heterocycles. The van der Waals surface area contributed by atoms with Crippen molar-refractivity contribution in [2.24, 2.45) is 11.7 Å². The zero-order valence-electron chi connectivity index (χ0n) is 12.0. The van der Waals surface area contributed by atoms with Crippen molar-refractivity contribution in [1.82, 2.24) is 4.90 Å². The van der Waals surface area contributed by atoms with E-state index < -0.39 is 0 Å². The number of hydrogen-bond acceptors (Lipinski definition) is 4. The molecule has 1 aromatic rings. The van der Waals surface area contributed by atoms with E-state index >= 15 is 0 Å². The Morgan fingerprint density at radius 1 is 1.52 bits per heavy atom. The van der Waals surface area contributed by atoms with Crippen LogP contribution in [0.25, 0.3) is 0 Å². The number of ether oxygens (including phenoxy) is 1. The van der Waals surface area contributed by atoms with Crippen LogP contribution in [-0.2, 0) is 4.79 Å². The number of aliphatic hydroxyl groups is 1. The van der Waals surface area contributed by atoms with Gasteiger partial charge < -0.3 is 20.5 Å². The van der Waals surface area contributed by atoms with Crippen molar-refractivity contribution in [3.05, 3.63) is 29.8 Å². The fraction of sp³-hybridized carbons (Fsp3) is 0.467. The summed E-state index contributed by atoms with van der Waals surface area (Å²) in [6.07, 6.45) is 0.903. The number of carbonyl (C=O) groups excluding carboxylic acids is 1. The number of aliphatic hydroxyl groups excluding tert-OH is 1. The van der Waals surface area contributed by atoms with Gasteiger partial charge in [-0.2, -0.15) is 0 Å². The molecule has 1 amide bonds. The van der Waals surface area contributed by atoms with Crippen LogP contribution in [0.15, 0.2) is 24.3 Å². The Morgan fingerprint density at radius 3 is 2.90 bits per heavy atom. The smallest absolute Gasteiger partial charge is 0.260 e. The van der Waals surface area contributed by atoms with Crippen LogP contribution >= 0.6 is 12.2 Å². The number of carbonyl (C=O) groups is 1. The van der Waals surface area contributed by atoms with Crippen molar-refractivity contribution in [2.45, 2.75) is 19.4 Å². The van der Waals surface area contributed by atoms with Gasteiger partial charge in [0, 0.05) is 6.54 Å². The van der Waals surface area contributed by atoms with E-state index in [0.717, 1.165) is 6.42 Å². The largest absolute Gasteiger partial charge is 0.483 e. The molecule has 1 aromatic carbocycles. The van der Waals surface area contributed by atoms with E-state index in [1.165, 1.54) is 0 Å². The molecule has 114 valence electrons. The lowest BCUT2D eigenvalue weighted by atomic mass is 10.0. The van der Waals surface area contributed by atoms with E-state index in [9.17, 15) is 9.90 Å². The molecule has 0 radical (unpaired) electrons. The SMILES string of the molecule is CC1CCN(C(=O)COc2ccccc2C(N)=S)C1CO. The second-order valence-electron chi connectivity index (χ2n) is 5.25. The molecule has 0 spiro atoms. The predicted octanol–water partition coefficient (Wildman–Crippen LogP) is 0.929. The highest BCUT2D eigenvalue weighted by Gasteiger charge is 2.33. The Kier molecular flexibility index (Phi) is 5.14. The molecular weight excluding hydrogens is 288 g/mol. The lowest BCUT2D eigenvalue weighted by molar-refractivity contribution is -0.135. The summed E-state index contributed by atoms with van der Waals surface area (Å²) in [5.41, 5.74) is 6.25. The molecule has 2 unspecified atom stereocenters. The first kappa shape index (κ1) is 15.7. The predicted molar refractivity (Wildman–Crippen MR) is 84.2 cm³/mol. The van der Waals surface area contributed by atoms with Crippen molar-refractivity contribution >= 4 is 23.1 Å². The van der Waals surface area contributed by atoms with E-state index in [2.05, 4.69) is 0 Å². The fourth-order valence-corrected chi connectivity index (χ4v) is 2.78. The van der Waals surface area contributed by atoms with E-state index in [4.69, 9.17) is 22.7 Å². The second kappa shape index (κ2) is 6.87. The Hall–Kier alpha value is -1.66. The van der Waals surface area contributed by atoms with Gasteiger partial charge in [0.1, 0.15) is 10.7 Å². The average molecular weight is 308 g/mol. The van der Waals surface area contributed by atoms with Crippen LogP contribution in [0, 0.1) is 5.92 Å². The highest BCUT2D eigenvalue weighted by atomic mass is 32.1. The monoisotopic (exact) mass is 308 g/mol. The normalized spacial score (nSPS) is 21.3. The molecule has 5 nitrogen and oxygen atoms in total. The minimum Gasteiger partial charge on any atom is -0.483 e. The maximum absolute atomic E-state index is 12.2. The molecule has 0 saturated carbocycles. The summed E-state index contributed by atoms with van der Waals surface area (Å²) in [5.74, 6) is 0.685. The lowest BCUT2D eigenvalue weighted by Gasteiger charge is -2.25. The number of rotatable bonds is 5. The van der Waals surface area contributed by atoms with E-state index in [1.54, 1.807) is 23.1 Å². The number of para-hydroxylation sites is 1. The van der Waals surface area contributed by atoms with Crippen LogP contribution in [0.4, 0.5) is 0 Å². The summed E-state index contributed by atoms with van der Waals surface area (Å²) in [6, 6.07) is 6.99. The maximum atomic E-state index is 12.2. The summed E-state index contributed by atoms with van der Waals surface area (Å²) >= 11 is 4.96. The van der Waals surface area contributed by atoms with Crippen molar-refractivity contribution in [3.63, 3.8) is 0 Å². The number of hydrogen-bond donors (Lipinski definition) is 2. The molecule has 0 bridgehead atoms. The van der Waals surface area contributed by atoms with E-state index in [1.807, 2.05) is 13.0 Å². The Labute approximate surface area is 129 Å². The third kappa shape index (κ3) is 3.51. The van der Waals surface area contributed by atoms with Gasteiger partial charge in [-0.25, -0.2) is 0 Å². The number of amides is 1. The Morgan fingerprint density at radius 2 is 2.24 bits per heavy atom. The van der Waals surface area contributed by atoms with Gasteiger partial charge in [-0.15, -0.1) is 0 Å². The highest BCUT2D eigenvalue weighted by molar-refractivity contribution is 7.80. The molecule has 2 rings (SSSR count). The molecule has 0 aromatic heterocycles. The van der Waals surface area contributed by atoms with Crippen molar-refractivity contribution in [1.29, 1.82) is 0 Å². The fourth-order valence-electron chi connectivity index (χ4n) is 2.61. The third-order valence-corrected chi connectivity index (χ3v) is 4.11. The van der Waals surface area contributed by atoms with E-state index in [-0.39, 0.29) is 30.2 Å². The first-order valence-electron chi connectivity index (χ1n) is 6.96. The van der Waals surface area contributed by atoms with Gasteiger partial charge >= 0.3 is 0 Å². The zero-order chi connectivity index (χ0) is 15.4. The van der Waals surface area contributed by atoms with Crippen LogP contribution in [0.1, 0.15) is 18.9 Å². The minimum absolute atomic E-state index is 0.0175. The summed E-state index contributed by atoms with van der Waals surface area (Å²) in [4.78, 5) is 14.2. The molecule has 2 atom stereocenters. The molecule has 1 aliphatic heterocycles. The van der Waals surface area contributed by atoms with Crippen LogP contribution in [-0.4, -0.2) is 46.7 Å². The number of likely N-dealkylation sites (tertiary alicyclic amines) is 1. The Bertz CT molecular complexity index is 535. The molecule has 0 aliphatic carbocycles. The first-order chi connectivity index (χ1) is 10.0. The number of thiocarbonyl (C=S) groups is 1. The maximum Gasteiger partial charge on any atom is 0.260 e. The average Bonchev–Trinajstić information content (AvgIpc) is 2.85. The molecule has 1 fully saturated rings. The van der Waals surface area contributed by atoms with Gasteiger partial charge in [0.2, 0.25) is 0 Å². The third-order valence-electron chi connectivity index (χ3n) is 3.89. The van der Waals surface area contributed by atoms with Crippen LogP contribution in [0.5, 0.6) is 5.75 Å². The number of nitrogens with zero attached hydrogens (tertiary/aromatic N) is 1. The van der Waals surface area contributed by atoms with Gasteiger partial charge in [-0.05, 0) is 24.5 Å². The lowest BCUT2D eigenvalue weighted by Crippen LogP contribution is -2.42.